The number of halogens is 1. The second kappa shape index (κ2) is 10.0. The van der Waals surface area contributed by atoms with Crippen molar-refractivity contribution in [3.63, 3.8) is 0 Å². The van der Waals surface area contributed by atoms with E-state index in [1.165, 1.54) is 17.7 Å². The number of carbonyl (C=O) groups is 2. The van der Waals surface area contributed by atoms with E-state index in [9.17, 15) is 14.0 Å². The lowest BCUT2D eigenvalue weighted by atomic mass is 9.88. The lowest BCUT2D eigenvalue weighted by Crippen LogP contribution is -2.53. The highest BCUT2D eigenvalue weighted by atomic mass is 19.1. The number of benzene rings is 2. The van der Waals surface area contributed by atoms with Gasteiger partial charge in [-0.1, -0.05) is 36.4 Å². The number of rotatable bonds is 2. The van der Waals surface area contributed by atoms with Gasteiger partial charge < -0.3 is 24.6 Å². The normalized spacial score (nSPS) is 20.8. The predicted molar refractivity (Wildman–Crippen MR) is 126 cm³/mol. The van der Waals surface area contributed by atoms with Gasteiger partial charge in [-0.15, -0.1) is 0 Å². The van der Waals surface area contributed by atoms with Gasteiger partial charge in [0.05, 0.1) is 25.3 Å². The minimum atomic E-state index is -0.605. The molecule has 2 aromatic rings. The van der Waals surface area contributed by atoms with Crippen molar-refractivity contribution in [2.24, 2.45) is 0 Å². The number of hydrogen-bond donors (Lipinski definition) is 1. The largest absolute Gasteiger partial charge is 0.444 e. The summed E-state index contributed by atoms with van der Waals surface area (Å²) < 4.78 is 24.8. The Morgan fingerprint density at radius 2 is 1.82 bits per heavy atom. The Morgan fingerprint density at radius 1 is 1.09 bits per heavy atom. The lowest BCUT2D eigenvalue weighted by molar-refractivity contribution is 0.0238. The van der Waals surface area contributed by atoms with Crippen molar-refractivity contribution in [2.75, 3.05) is 32.8 Å². The van der Waals surface area contributed by atoms with Gasteiger partial charge >= 0.3 is 12.1 Å². The molecule has 4 rings (SSSR count). The number of fused-ring (bicyclic) bond motifs is 1. The fourth-order valence-corrected chi connectivity index (χ4v) is 4.44. The molecular weight excluding hydrogens is 437 g/mol. The summed E-state index contributed by atoms with van der Waals surface area (Å²) in [5, 5.41) is 3.06. The number of nitrogens with zero attached hydrogens (tertiary/aromatic N) is 2. The number of carbonyl (C=O) groups excluding carboxylic acids is 2. The van der Waals surface area contributed by atoms with Crippen LogP contribution in [0.4, 0.5) is 14.0 Å². The quantitative estimate of drug-likeness (QED) is 0.718. The second-order valence-corrected chi connectivity index (χ2v) is 9.74. The van der Waals surface area contributed by atoms with Crippen LogP contribution >= 0.6 is 0 Å². The first-order chi connectivity index (χ1) is 16.2. The Morgan fingerprint density at radius 3 is 2.56 bits per heavy atom. The molecule has 2 aliphatic rings. The maximum atomic E-state index is 13.6. The van der Waals surface area contributed by atoms with E-state index in [-0.39, 0.29) is 23.9 Å². The van der Waals surface area contributed by atoms with Crippen molar-refractivity contribution in [1.29, 1.82) is 0 Å². The van der Waals surface area contributed by atoms with E-state index < -0.39 is 11.7 Å². The van der Waals surface area contributed by atoms with Gasteiger partial charge in [-0.2, -0.15) is 0 Å². The van der Waals surface area contributed by atoms with Gasteiger partial charge in [-0.05, 0) is 56.0 Å². The molecule has 2 atom stereocenters. The first-order valence-electron chi connectivity index (χ1n) is 11.7. The lowest BCUT2D eigenvalue weighted by Gasteiger charge is -2.38. The summed E-state index contributed by atoms with van der Waals surface area (Å²) in [6, 6.07) is 13.3. The third-order valence-corrected chi connectivity index (χ3v) is 5.97. The highest BCUT2D eigenvalue weighted by Gasteiger charge is 2.34. The Kier molecular flexibility index (Phi) is 7.07. The van der Waals surface area contributed by atoms with Crippen LogP contribution in [-0.4, -0.2) is 66.4 Å². The van der Waals surface area contributed by atoms with E-state index in [2.05, 4.69) is 11.4 Å². The zero-order chi connectivity index (χ0) is 24.3. The third kappa shape index (κ3) is 5.67. The smallest absolute Gasteiger partial charge is 0.410 e. The standard InChI is InChI=1S/C26H32FN3O4/c1-26(2,3)34-25(32)29-14-15-33-17-21(16-29)28-24(31)30-13-12-18-6-4-5-7-22(18)23(30)19-8-10-20(27)11-9-19/h4-11,21,23H,12-17H2,1-3H3,(H,28,31)/t21-,23-/m0/s1. The first kappa shape index (κ1) is 24.0. The molecule has 0 unspecified atom stereocenters. The molecule has 8 heteroatoms. The molecule has 0 spiro atoms. The Bertz CT molecular complexity index is 1020. The van der Waals surface area contributed by atoms with E-state index in [0.29, 0.717) is 32.8 Å². The molecule has 0 aromatic heterocycles. The molecule has 34 heavy (non-hydrogen) atoms. The molecule has 7 nitrogen and oxygen atoms in total. The van der Waals surface area contributed by atoms with Crippen LogP contribution < -0.4 is 5.32 Å². The SMILES string of the molecule is CC(C)(C)OC(=O)N1CCOC[C@@H](NC(=O)N2CCc3ccccc3[C@@H]2c2ccc(F)cc2)C1. The zero-order valence-corrected chi connectivity index (χ0v) is 19.9. The Labute approximate surface area is 199 Å². The second-order valence-electron chi connectivity index (χ2n) is 9.74. The van der Waals surface area contributed by atoms with E-state index in [0.717, 1.165) is 17.5 Å². The number of amides is 3. The van der Waals surface area contributed by atoms with Crippen molar-refractivity contribution < 1.29 is 23.5 Å². The van der Waals surface area contributed by atoms with Crippen molar-refractivity contribution in [1.82, 2.24) is 15.1 Å². The van der Waals surface area contributed by atoms with Crippen LogP contribution in [0.15, 0.2) is 48.5 Å². The van der Waals surface area contributed by atoms with Crippen LogP contribution in [0.25, 0.3) is 0 Å². The summed E-state index contributed by atoms with van der Waals surface area (Å²) in [7, 11) is 0. The van der Waals surface area contributed by atoms with Crippen molar-refractivity contribution in [2.45, 2.75) is 44.9 Å². The van der Waals surface area contributed by atoms with Crippen molar-refractivity contribution in [3.05, 3.63) is 71.0 Å². The maximum Gasteiger partial charge on any atom is 0.410 e. The minimum Gasteiger partial charge on any atom is -0.444 e. The molecule has 1 N–H and O–H groups in total. The molecule has 1 saturated heterocycles. The molecule has 0 saturated carbocycles. The summed E-state index contributed by atoms with van der Waals surface area (Å²) >= 11 is 0. The van der Waals surface area contributed by atoms with Gasteiger partial charge in [-0.3, -0.25) is 0 Å². The number of hydrogen-bond acceptors (Lipinski definition) is 4. The number of nitrogens with one attached hydrogen (secondary N) is 1. The van der Waals surface area contributed by atoms with Gasteiger partial charge in [0.25, 0.3) is 0 Å². The summed E-state index contributed by atoms with van der Waals surface area (Å²) in [4.78, 5) is 29.4. The summed E-state index contributed by atoms with van der Waals surface area (Å²) in [6.45, 7) is 7.36. The van der Waals surface area contributed by atoms with Crippen LogP contribution in [0.1, 0.15) is 43.5 Å². The average Bonchev–Trinajstić information content (AvgIpc) is 3.03. The maximum absolute atomic E-state index is 13.6. The average molecular weight is 470 g/mol. The van der Waals surface area contributed by atoms with Crippen molar-refractivity contribution in [3.8, 4) is 0 Å². The van der Waals surface area contributed by atoms with Gasteiger partial charge in [0, 0.05) is 19.6 Å². The first-order valence-corrected chi connectivity index (χ1v) is 11.7. The Balaban J connectivity index is 1.52. The Hall–Kier alpha value is -3.13. The molecule has 0 aliphatic carbocycles. The van der Waals surface area contributed by atoms with Crippen LogP contribution in [-0.2, 0) is 15.9 Å². The minimum absolute atomic E-state index is 0.247. The number of urea groups is 1. The van der Waals surface area contributed by atoms with Gasteiger partial charge in [0.15, 0.2) is 0 Å². The van der Waals surface area contributed by atoms with Gasteiger partial charge in [-0.25, -0.2) is 14.0 Å². The third-order valence-electron chi connectivity index (χ3n) is 5.97. The van der Waals surface area contributed by atoms with E-state index in [4.69, 9.17) is 9.47 Å². The van der Waals surface area contributed by atoms with Crippen LogP contribution in [0, 0.1) is 5.82 Å². The highest BCUT2D eigenvalue weighted by molar-refractivity contribution is 5.76. The van der Waals surface area contributed by atoms with Gasteiger partial charge in [0.2, 0.25) is 0 Å². The molecule has 2 aliphatic heterocycles. The van der Waals surface area contributed by atoms with E-state index in [1.807, 2.05) is 39.0 Å². The molecule has 0 radical (unpaired) electrons. The monoisotopic (exact) mass is 469 g/mol. The van der Waals surface area contributed by atoms with Gasteiger partial charge in [0.1, 0.15) is 11.4 Å². The zero-order valence-electron chi connectivity index (χ0n) is 19.9. The fraction of sp³-hybridized carbons (Fsp3) is 0.462. The molecule has 3 amide bonds. The molecule has 0 bridgehead atoms. The molecule has 1 fully saturated rings. The molecule has 182 valence electrons. The topological polar surface area (TPSA) is 71.1 Å². The molecule has 2 heterocycles. The van der Waals surface area contributed by atoms with Crippen molar-refractivity contribution >= 4 is 12.1 Å². The van der Waals surface area contributed by atoms with E-state index >= 15 is 0 Å². The fourth-order valence-electron chi connectivity index (χ4n) is 4.44. The summed E-state index contributed by atoms with van der Waals surface area (Å²) in [5.41, 5.74) is 2.45. The van der Waals surface area contributed by atoms with E-state index in [1.54, 1.807) is 21.9 Å². The molecular formula is C26H32FN3O4. The van der Waals surface area contributed by atoms with Crippen LogP contribution in [0.2, 0.25) is 0 Å². The summed E-state index contributed by atoms with van der Waals surface area (Å²) in [6.07, 6.45) is 0.306. The highest BCUT2D eigenvalue weighted by Crippen LogP contribution is 2.35. The predicted octanol–water partition coefficient (Wildman–Crippen LogP) is 4.12. The molecule has 2 aromatic carbocycles. The number of ether oxygens (including phenoxy) is 2. The van der Waals surface area contributed by atoms with Crippen LogP contribution in [0.3, 0.4) is 0 Å². The summed E-state index contributed by atoms with van der Waals surface area (Å²) in [5.74, 6) is -0.318. The van der Waals surface area contributed by atoms with Crippen LogP contribution in [0.5, 0.6) is 0 Å².